The largest absolute Gasteiger partial charge is 0.395 e. The average Bonchev–Trinajstić information content (AvgIpc) is 2.99. The van der Waals surface area contributed by atoms with E-state index in [2.05, 4.69) is 15.2 Å². The molecule has 116 valence electrons. The topological polar surface area (TPSA) is 68.7 Å². The van der Waals surface area contributed by atoms with E-state index in [1.165, 1.54) is 11.3 Å². The third-order valence-electron chi connectivity index (χ3n) is 3.71. The number of carbonyl (C=O) groups is 1. The summed E-state index contributed by atoms with van der Waals surface area (Å²) in [6.07, 6.45) is 3.99. The highest BCUT2D eigenvalue weighted by atomic mass is 16.3. The molecule has 1 unspecified atom stereocenters. The number of carbonyl (C=O) groups excluding carboxylic acids is 1. The molecule has 2 heterocycles. The Hall–Kier alpha value is -1.66. The number of nitrogens with zero attached hydrogens (tertiary/aromatic N) is 3. The number of amides is 1. The summed E-state index contributed by atoms with van der Waals surface area (Å²) in [5, 5.41) is 12.7. The first-order valence-electron chi connectivity index (χ1n) is 7.38. The average molecular weight is 292 g/mol. The number of aromatic nitrogens is 1. The van der Waals surface area contributed by atoms with Gasteiger partial charge in [0.15, 0.2) is 0 Å². The molecule has 1 aromatic heterocycles. The SMILES string of the molecule is CN(C)C(=O)c1cc(N(CCO)CC2CCCN2)ccn1. The molecule has 1 amide bonds. The molecule has 21 heavy (non-hydrogen) atoms. The van der Waals surface area contributed by atoms with Crippen LogP contribution < -0.4 is 10.2 Å². The van der Waals surface area contributed by atoms with Gasteiger partial charge in [0.05, 0.1) is 6.61 Å². The lowest BCUT2D eigenvalue weighted by Gasteiger charge is -2.27. The number of nitrogens with one attached hydrogen (secondary N) is 1. The van der Waals surface area contributed by atoms with Gasteiger partial charge in [0.25, 0.3) is 5.91 Å². The zero-order valence-electron chi connectivity index (χ0n) is 12.7. The molecule has 1 saturated heterocycles. The van der Waals surface area contributed by atoms with Crippen LogP contribution in [0.3, 0.4) is 0 Å². The highest BCUT2D eigenvalue weighted by Crippen LogP contribution is 2.17. The van der Waals surface area contributed by atoms with Crippen LogP contribution >= 0.6 is 0 Å². The van der Waals surface area contributed by atoms with Crippen molar-refractivity contribution in [2.24, 2.45) is 0 Å². The highest BCUT2D eigenvalue weighted by molar-refractivity contribution is 5.92. The maximum absolute atomic E-state index is 12.0. The van der Waals surface area contributed by atoms with E-state index in [1.54, 1.807) is 26.4 Å². The summed E-state index contributed by atoms with van der Waals surface area (Å²) in [4.78, 5) is 19.8. The maximum Gasteiger partial charge on any atom is 0.272 e. The van der Waals surface area contributed by atoms with Gasteiger partial charge in [-0.25, -0.2) is 0 Å². The molecule has 0 aromatic carbocycles. The van der Waals surface area contributed by atoms with Crippen LogP contribution in [0.4, 0.5) is 5.69 Å². The summed E-state index contributed by atoms with van der Waals surface area (Å²) < 4.78 is 0. The molecule has 6 heteroatoms. The fourth-order valence-electron chi connectivity index (χ4n) is 2.59. The number of rotatable bonds is 6. The molecule has 2 N–H and O–H groups in total. The summed E-state index contributed by atoms with van der Waals surface area (Å²) >= 11 is 0. The molecular weight excluding hydrogens is 268 g/mol. The van der Waals surface area contributed by atoms with Crippen LogP contribution in [0.2, 0.25) is 0 Å². The predicted octanol–water partition coefficient (Wildman–Crippen LogP) is 0.334. The standard InChI is InChI=1S/C15H24N4O2/c1-18(2)15(21)14-10-13(5-7-17-14)19(8-9-20)11-12-4-3-6-16-12/h5,7,10,12,16,20H,3-4,6,8-9,11H2,1-2H3. The molecule has 1 aliphatic rings. The smallest absolute Gasteiger partial charge is 0.272 e. The lowest BCUT2D eigenvalue weighted by Crippen LogP contribution is -2.39. The third-order valence-corrected chi connectivity index (χ3v) is 3.71. The molecule has 0 bridgehead atoms. The maximum atomic E-state index is 12.0. The second kappa shape index (κ2) is 7.38. The van der Waals surface area contributed by atoms with Crippen LogP contribution in [-0.2, 0) is 0 Å². The molecule has 0 radical (unpaired) electrons. The van der Waals surface area contributed by atoms with Gasteiger partial charge >= 0.3 is 0 Å². The molecular formula is C15H24N4O2. The van der Waals surface area contributed by atoms with Crippen LogP contribution in [0.15, 0.2) is 18.3 Å². The predicted molar refractivity (Wildman–Crippen MR) is 82.6 cm³/mol. The Morgan fingerprint density at radius 3 is 2.95 bits per heavy atom. The molecule has 1 fully saturated rings. The molecule has 1 aliphatic heterocycles. The van der Waals surface area contributed by atoms with Gasteiger partial charge in [-0.3, -0.25) is 9.78 Å². The molecule has 1 aromatic rings. The van der Waals surface area contributed by atoms with E-state index >= 15 is 0 Å². The number of hydrogen-bond donors (Lipinski definition) is 2. The second-order valence-corrected chi connectivity index (χ2v) is 5.56. The fraction of sp³-hybridized carbons (Fsp3) is 0.600. The Morgan fingerprint density at radius 2 is 2.33 bits per heavy atom. The van der Waals surface area contributed by atoms with E-state index < -0.39 is 0 Å². The van der Waals surface area contributed by atoms with Gasteiger partial charge in [-0.15, -0.1) is 0 Å². The molecule has 6 nitrogen and oxygen atoms in total. The first kappa shape index (κ1) is 15.7. The van der Waals surface area contributed by atoms with Crippen molar-refractivity contribution in [1.29, 1.82) is 0 Å². The van der Waals surface area contributed by atoms with Crippen LogP contribution in [0.25, 0.3) is 0 Å². The summed E-state index contributed by atoms with van der Waals surface area (Å²) in [6.45, 7) is 2.53. The van der Waals surface area contributed by atoms with Gasteiger partial charge in [-0.05, 0) is 31.5 Å². The van der Waals surface area contributed by atoms with E-state index in [-0.39, 0.29) is 12.5 Å². The van der Waals surface area contributed by atoms with E-state index in [9.17, 15) is 9.90 Å². The van der Waals surface area contributed by atoms with Crippen molar-refractivity contribution >= 4 is 11.6 Å². The quantitative estimate of drug-likeness (QED) is 0.791. The summed E-state index contributed by atoms with van der Waals surface area (Å²) in [5.74, 6) is -0.111. The summed E-state index contributed by atoms with van der Waals surface area (Å²) in [5.41, 5.74) is 1.36. The van der Waals surface area contributed by atoms with E-state index in [0.717, 1.165) is 25.2 Å². The van der Waals surface area contributed by atoms with Crippen molar-refractivity contribution in [3.8, 4) is 0 Å². The first-order valence-corrected chi connectivity index (χ1v) is 7.38. The van der Waals surface area contributed by atoms with Gasteiger partial charge in [0.2, 0.25) is 0 Å². The van der Waals surface area contributed by atoms with Gasteiger partial charge in [0, 0.05) is 45.1 Å². The normalized spacial score (nSPS) is 17.8. The number of aliphatic hydroxyl groups is 1. The Balaban J connectivity index is 2.15. The zero-order chi connectivity index (χ0) is 15.2. The molecule has 0 aliphatic carbocycles. The molecule has 2 rings (SSSR count). The van der Waals surface area contributed by atoms with Crippen LogP contribution in [0, 0.1) is 0 Å². The minimum absolute atomic E-state index is 0.0893. The van der Waals surface area contributed by atoms with E-state index in [1.807, 2.05) is 6.07 Å². The fourth-order valence-corrected chi connectivity index (χ4v) is 2.59. The summed E-state index contributed by atoms with van der Waals surface area (Å²) in [7, 11) is 3.43. The van der Waals surface area contributed by atoms with Gasteiger partial charge in [-0.1, -0.05) is 0 Å². The van der Waals surface area contributed by atoms with Crippen molar-refractivity contribution < 1.29 is 9.90 Å². The molecule has 0 saturated carbocycles. The number of pyridine rings is 1. The van der Waals surface area contributed by atoms with E-state index in [0.29, 0.717) is 18.3 Å². The minimum Gasteiger partial charge on any atom is -0.395 e. The molecule has 0 spiro atoms. The van der Waals surface area contributed by atoms with Crippen molar-refractivity contribution in [3.05, 3.63) is 24.0 Å². The number of aliphatic hydroxyl groups excluding tert-OH is 1. The monoisotopic (exact) mass is 292 g/mol. The number of anilines is 1. The van der Waals surface area contributed by atoms with Gasteiger partial charge in [0.1, 0.15) is 5.69 Å². The van der Waals surface area contributed by atoms with Crippen molar-refractivity contribution in [2.75, 3.05) is 45.2 Å². The Labute approximate surface area is 125 Å². The summed E-state index contributed by atoms with van der Waals surface area (Å²) in [6, 6.07) is 4.13. The zero-order valence-corrected chi connectivity index (χ0v) is 12.7. The van der Waals surface area contributed by atoms with Crippen molar-refractivity contribution in [2.45, 2.75) is 18.9 Å². The number of hydrogen-bond acceptors (Lipinski definition) is 5. The van der Waals surface area contributed by atoms with E-state index in [4.69, 9.17) is 0 Å². The van der Waals surface area contributed by atoms with Crippen LogP contribution in [0.1, 0.15) is 23.3 Å². The van der Waals surface area contributed by atoms with Crippen LogP contribution in [-0.4, -0.2) is 67.3 Å². The van der Waals surface area contributed by atoms with Crippen molar-refractivity contribution in [3.63, 3.8) is 0 Å². The lowest BCUT2D eigenvalue weighted by atomic mass is 10.2. The Morgan fingerprint density at radius 1 is 1.52 bits per heavy atom. The Bertz CT molecular complexity index is 472. The van der Waals surface area contributed by atoms with Crippen molar-refractivity contribution in [1.82, 2.24) is 15.2 Å². The Kier molecular flexibility index (Phi) is 5.52. The first-order chi connectivity index (χ1) is 10.1. The lowest BCUT2D eigenvalue weighted by molar-refractivity contribution is 0.0822. The second-order valence-electron chi connectivity index (χ2n) is 5.56. The van der Waals surface area contributed by atoms with Gasteiger partial charge < -0.3 is 20.2 Å². The highest BCUT2D eigenvalue weighted by Gasteiger charge is 2.19. The van der Waals surface area contributed by atoms with Gasteiger partial charge in [-0.2, -0.15) is 0 Å². The molecule has 1 atom stereocenters. The third kappa shape index (κ3) is 4.15. The van der Waals surface area contributed by atoms with Crippen LogP contribution in [0.5, 0.6) is 0 Å². The minimum atomic E-state index is -0.111.